The molecule has 3 heteroatoms. The van der Waals surface area contributed by atoms with E-state index >= 15 is 0 Å². The van der Waals surface area contributed by atoms with Gasteiger partial charge in [-0.15, -0.1) is 0 Å². The highest BCUT2D eigenvalue weighted by Crippen LogP contribution is 2.30. The number of anilines is 2. The summed E-state index contributed by atoms with van der Waals surface area (Å²) in [7, 11) is 0. The van der Waals surface area contributed by atoms with Crippen LogP contribution in [0.5, 0.6) is 0 Å². The zero-order valence-corrected chi connectivity index (χ0v) is 11.5. The minimum Gasteiger partial charge on any atom is -0.399 e. The van der Waals surface area contributed by atoms with Gasteiger partial charge in [0.25, 0.3) is 0 Å². The number of nitrogens with two attached hydrogens (primary N) is 1. The molecule has 2 rings (SSSR count). The van der Waals surface area contributed by atoms with Crippen LogP contribution in [-0.4, -0.2) is 17.5 Å². The maximum Gasteiger partial charge on any atom is 0.0379 e. The number of benzene rings is 1. The molecule has 0 aliphatic heterocycles. The Morgan fingerprint density at radius 1 is 1.29 bits per heavy atom. The van der Waals surface area contributed by atoms with Gasteiger partial charge >= 0.3 is 0 Å². The van der Waals surface area contributed by atoms with E-state index in [0.29, 0.717) is 6.04 Å². The second-order valence-electron chi connectivity index (χ2n) is 4.88. The summed E-state index contributed by atoms with van der Waals surface area (Å²) in [5, 5.41) is 4.43. The number of hydrogen-bond acceptors (Lipinski definition) is 3. The molecule has 17 heavy (non-hydrogen) atoms. The van der Waals surface area contributed by atoms with E-state index in [4.69, 9.17) is 5.73 Å². The first-order chi connectivity index (χ1) is 8.20. The van der Waals surface area contributed by atoms with E-state index in [0.717, 1.165) is 16.5 Å². The first-order valence-electron chi connectivity index (χ1n) is 6.36. The number of hydrogen-bond donors (Lipinski definition) is 2. The average molecular weight is 250 g/mol. The molecule has 2 atom stereocenters. The Labute approximate surface area is 108 Å². The van der Waals surface area contributed by atoms with Crippen LogP contribution in [0.1, 0.15) is 31.2 Å². The third-order valence-electron chi connectivity index (χ3n) is 3.63. The van der Waals surface area contributed by atoms with Crippen LogP contribution in [0.15, 0.2) is 18.2 Å². The first-order valence-corrected chi connectivity index (χ1v) is 7.65. The number of nitrogens with one attached hydrogen (secondary N) is 1. The van der Waals surface area contributed by atoms with Gasteiger partial charge in [0.15, 0.2) is 0 Å². The Balaban J connectivity index is 2.05. The molecular formula is C14H22N2S. The van der Waals surface area contributed by atoms with Gasteiger partial charge in [-0.3, -0.25) is 0 Å². The Bertz CT molecular complexity index is 378. The third-order valence-corrected chi connectivity index (χ3v) is 4.80. The van der Waals surface area contributed by atoms with E-state index in [2.05, 4.69) is 30.6 Å². The standard InChI is InChI=1S/C14H22N2S/c1-10-9-11(7-8-12(10)15)16-13-5-3-4-6-14(13)17-2/h7-9,13-14,16H,3-6,15H2,1-2H3. The van der Waals surface area contributed by atoms with Crippen molar-refractivity contribution in [2.45, 2.75) is 43.9 Å². The fourth-order valence-electron chi connectivity index (χ4n) is 2.52. The normalized spacial score (nSPS) is 24.6. The van der Waals surface area contributed by atoms with Gasteiger partial charge in [-0.05, 0) is 49.8 Å². The predicted molar refractivity (Wildman–Crippen MR) is 78.8 cm³/mol. The Morgan fingerprint density at radius 2 is 2.06 bits per heavy atom. The Kier molecular flexibility index (Phi) is 4.21. The highest BCUT2D eigenvalue weighted by atomic mass is 32.2. The second kappa shape index (κ2) is 5.67. The SMILES string of the molecule is CSC1CCCCC1Nc1ccc(N)c(C)c1. The Hall–Kier alpha value is -0.830. The predicted octanol–water partition coefficient (Wildman–Crippen LogP) is 3.66. The summed E-state index contributed by atoms with van der Waals surface area (Å²) in [5.41, 5.74) is 9.09. The average Bonchev–Trinajstić information content (AvgIpc) is 2.34. The van der Waals surface area contributed by atoms with Crippen LogP contribution < -0.4 is 11.1 Å². The summed E-state index contributed by atoms with van der Waals surface area (Å²) in [4.78, 5) is 0. The lowest BCUT2D eigenvalue weighted by atomic mass is 9.94. The molecule has 0 bridgehead atoms. The van der Waals surface area contributed by atoms with E-state index in [9.17, 15) is 0 Å². The van der Waals surface area contributed by atoms with Crippen molar-refractivity contribution in [2.75, 3.05) is 17.3 Å². The van der Waals surface area contributed by atoms with Gasteiger partial charge in [-0.25, -0.2) is 0 Å². The van der Waals surface area contributed by atoms with Crippen LogP contribution in [0.4, 0.5) is 11.4 Å². The zero-order valence-electron chi connectivity index (χ0n) is 10.7. The van der Waals surface area contributed by atoms with Gasteiger partial charge in [0.1, 0.15) is 0 Å². The molecule has 1 saturated carbocycles. The number of nitrogen functional groups attached to an aromatic ring is 1. The molecule has 0 aromatic heterocycles. The second-order valence-corrected chi connectivity index (χ2v) is 5.96. The molecule has 1 fully saturated rings. The molecule has 0 radical (unpaired) electrons. The zero-order chi connectivity index (χ0) is 12.3. The van der Waals surface area contributed by atoms with Crippen molar-refractivity contribution in [3.05, 3.63) is 23.8 Å². The molecule has 0 amide bonds. The molecule has 1 aromatic carbocycles. The first kappa shape index (κ1) is 12.6. The van der Waals surface area contributed by atoms with E-state index in [1.165, 1.54) is 31.4 Å². The van der Waals surface area contributed by atoms with Crippen LogP contribution in [0.25, 0.3) is 0 Å². The van der Waals surface area contributed by atoms with E-state index in [1.54, 1.807) is 0 Å². The molecule has 0 spiro atoms. The molecule has 2 unspecified atom stereocenters. The lowest BCUT2D eigenvalue weighted by molar-refractivity contribution is 0.475. The largest absolute Gasteiger partial charge is 0.399 e. The monoisotopic (exact) mass is 250 g/mol. The number of aryl methyl sites for hydroxylation is 1. The minimum absolute atomic E-state index is 0.613. The van der Waals surface area contributed by atoms with E-state index in [1.807, 2.05) is 17.8 Å². The molecule has 3 N–H and O–H groups in total. The van der Waals surface area contributed by atoms with Crippen molar-refractivity contribution < 1.29 is 0 Å². The molecule has 0 heterocycles. The lowest BCUT2D eigenvalue weighted by Crippen LogP contribution is -2.34. The number of thioether (sulfide) groups is 1. The minimum atomic E-state index is 0.613. The molecule has 94 valence electrons. The molecular weight excluding hydrogens is 228 g/mol. The Morgan fingerprint density at radius 3 is 2.76 bits per heavy atom. The van der Waals surface area contributed by atoms with Gasteiger partial charge in [-0.1, -0.05) is 12.8 Å². The van der Waals surface area contributed by atoms with Crippen molar-refractivity contribution in [3.63, 3.8) is 0 Å². The van der Waals surface area contributed by atoms with Crippen molar-refractivity contribution in [2.24, 2.45) is 0 Å². The molecule has 0 saturated heterocycles. The maximum atomic E-state index is 5.84. The third kappa shape index (κ3) is 3.09. The van der Waals surface area contributed by atoms with Gasteiger partial charge < -0.3 is 11.1 Å². The molecule has 1 aliphatic rings. The van der Waals surface area contributed by atoms with E-state index < -0.39 is 0 Å². The summed E-state index contributed by atoms with van der Waals surface area (Å²) < 4.78 is 0. The summed E-state index contributed by atoms with van der Waals surface area (Å²) in [5.74, 6) is 0. The molecule has 1 aliphatic carbocycles. The summed E-state index contributed by atoms with van der Waals surface area (Å²) in [6.45, 7) is 2.06. The highest BCUT2D eigenvalue weighted by molar-refractivity contribution is 7.99. The van der Waals surface area contributed by atoms with Gasteiger partial charge in [-0.2, -0.15) is 11.8 Å². The number of rotatable bonds is 3. The maximum absolute atomic E-state index is 5.84. The highest BCUT2D eigenvalue weighted by Gasteiger charge is 2.23. The van der Waals surface area contributed by atoms with Crippen molar-refractivity contribution in [1.82, 2.24) is 0 Å². The smallest absolute Gasteiger partial charge is 0.0379 e. The quantitative estimate of drug-likeness (QED) is 0.804. The fourth-order valence-corrected chi connectivity index (χ4v) is 3.46. The van der Waals surface area contributed by atoms with Crippen molar-refractivity contribution in [3.8, 4) is 0 Å². The fraction of sp³-hybridized carbons (Fsp3) is 0.571. The van der Waals surface area contributed by atoms with Gasteiger partial charge in [0, 0.05) is 22.7 Å². The van der Waals surface area contributed by atoms with E-state index in [-0.39, 0.29) is 0 Å². The lowest BCUT2D eigenvalue weighted by Gasteiger charge is -2.31. The van der Waals surface area contributed by atoms with Gasteiger partial charge in [0.2, 0.25) is 0 Å². The van der Waals surface area contributed by atoms with Crippen LogP contribution in [0.2, 0.25) is 0 Å². The van der Waals surface area contributed by atoms with Crippen LogP contribution >= 0.6 is 11.8 Å². The van der Waals surface area contributed by atoms with Crippen LogP contribution in [-0.2, 0) is 0 Å². The van der Waals surface area contributed by atoms with Crippen LogP contribution in [0, 0.1) is 6.92 Å². The molecule has 2 nitrogen and oxygen atoms in total. The summed E-state index contributed by atoms with van der Waals surface area (Å²) in [6, 6.07) is 6.85. The topological polar surface area (TPSA) is 38.0 Å². The van der Waals surface area contributed by atoms with Crippen molar-refractivity contribution in [1.29, 1.82) is 0 Å². The molecule has 1 aromatic rings. The van der Waals surface area contributed by atoms with Gasteiger partial charge in [0.05, 0.1) is 0 Å². The summed E-state index contributed by atoms with van der Waals surface area (Å²) >= 11 is 1.99. The summed E-state index contributed by atoms with van der Waals surface area (Å²) in [6.07, 6.45) is 7.58. The van der Waals surface area contributed by atoms with Crippen molar-refractivity contribution >= 4 is 23.1 Å². The van der Waals surface area contributed by atoms with Crippen LogP contribution in [0.3, 0.4) is 0 Å².